The Morgan fingerprint density at radius 2 is 2.17 bits per heavy atom. The van der Waals surface area contributed by atoms with Gasteiger partial charge in [0, 0.05) is 6.07 Å². The summed E-state index contributed by atoms with van der Waals surface area (Å²) in [6, 6.07) is 6.52. The minimum Gasteiger partial charge on any atom is -0.502 e. The molecular formula is C8H8N2O2. The summed E-state index contributed by atoms with van der Waals surface area (Å²) < 4.78 is 4.49. The maximum Gasteiger partial charge on any atom is 0.344 e. The van der Waals surface area contributed by atoms with E-state index in [1.807, 2.05) is 5.11 Å². The highest BCUT2D eigenvalue weighted by molar-refractivity contribution is 5.93. The van der Waals surface area contributed by atoms with Gasteiger partial charge in [-0.2, -0.15) is 0 Å². The van der Waals surface area contributed by atoms with Crippen molar-refractivity contribution in [1.82, 2.24) is 0 Å². The van der Waals surface area contributed by atoms with Crippen LogP contribution in [0.3, 0.4) is 0 Å². The van der Waals surface area contributed by atoms with Crippen LogP contribution in [-0.2, 0) is 4.74 Å². The van der Waals surface area contributed by atoms with Crippen molar-refractivity contribution in [2.45, 2.75) is 0 Å². The third-order valence-corrected chi connectivity index (χ3v) is 1.45. The van der Waals surface area contributed by atoms with Crippen LogP contribution >= 0.6 is 0 Å². The molecule has 0 saturated carbocycles. The summed E-state index contributed by atoms with van der Waals surface area (Å²) in [5.41, 5.74) is 9.25. The second kappa shape index (κ2) is 3.61. The van der Waals surface area contributed by atoms with Crippen LogP contribution in [0.5, 0.6) is 0 Å². The van der Waals surface area contributed by atoms with Crippen molar-refractivity contribution < 1.29 is 14.6 Å². The fourth-order valence-electron chi connectivity index (χ4n) is 0.869. The highest BCUT2D eigenvalue weighted by atomic mass is 16.5. The average Bonchev–Trinajstić information content (AvgIpc) is 2.16. The van der Waals surface area contributed by atoms with Gasteiger partial charge in [-0.25, -0.2) is 4.79 Å². The van der Waals surface area contributed by atoms with E-state index in [9.17, 15) is 4.79 Å². The summed E-state index contributed by atoms with van der Waals surface area (Å²) in [6.07, 6.45) is 0. The maximum absolute atomic E-state index is 11.0. The quantitative estimate of drug-likeness (QED) is 0.501. The monoisotopic (exact) mass is 164 g/mol. The molecule has 0 aliphatic carbocycles. The molecule has 0 amide bonds. The van der Waals surface area contributed by atoms with Crippen molar-refractivity contribution in [3.05, 3.63) is 35.4 Å². The molecule has 12 heavy (non-hydrogen) atoms. The second-order valence-electron chi connectivity index (χ2n) is 2.15. The number of benzene rings is 1. The molecule has 0 bridgehead atoms. The Labute approximate surface area is 69.7 Å². The molecule has 1 N–H and O–H groups in total. The summed E-state index contributed by atoms with van der Waals surface area (Å²) in [5, 5.41) is 1.91. The minimum atomic E-state index is -0.479. The van der Waals surface area contributed by atoms with Crippen LogP contribution in [0.15, 0.2) is 24.3 Å². The first-order valence-corrected chi connectivity index (χ1v) is 3.37. The zero-order valence-electron chi connectivity index (χ0n) is 6.57. The van der Waals surface area contributed by atoms with Gasteiger partial charge in [0.2, 0.25) is 5.69 Å². The number of hydrogen-bond donors (Lipinski definition) is 1. The van der Waals surface area contributed by atoms with Crippen molar-refractivity contribution in [3.63, 3.8) is 0 Å². The molecule has 0 unspecified atom stereocenters. The molecule has 0 heterocycles. The molecule has 0 radical (unpaired) electrons. The number of rotatable bonds is 2. The van der Waals surface area contributed by atoms with Crippen LogP contribution < -0.4 is 5.11 Å². The van der Waals surface area contributed by atoms with Crippen molar-refractivity contribution in [2.24, 2.45) is 0 Å². The summed E-state index contributed by atoms with van der Waals surface area (Å²) in [6.45, 7) is 0. The van der Waals surface area contributed by atoms with Gasteiger partial charge in [0.15, 0.2) is 0 Å². The molecule has 0 saturated heterocycles. The van der Waals surface area contributed by atoms with Crippen LogP contribution in [-0.4, -0.2) is 13.1 Å². The van der Waals surface area contributed by atoms with Crippen LogP contribution in [0, 0.1) is 0 Å². The second-order valence-corrected chi connectivity index (χ2v) is 2.15. The molecule has 0 fully saturated rings. The third kappa shape index (κ3) is 1.47. The van der Waals surface area contributed by atoms with E-state index in [1.165, 1.54) is 7.11 Å². The van der Waals surface area contributed by atoms with Gasteiger partial charge in [0.25, 0.3) is 0 Å². The first-order chi connectivity index (χ1) is 5.79. The van der Waals surface area contributed by atoms with Crippen LogP contribution in [0.4, 0.5) is 5.69 Å². The summed E-state index contributed by atoms with van der Waals surface area (Å²) >= 11 is 0. The Hall–Kier alpha value is -1.71. The molecule has 1 rings (SSSR count). The molecule has 0 spiro atoms. The van der Waals surface area contributed by atoms with Crippen LogP contribution in [0.25, 0.3) is 5.53 Å². The molecule has 1 aromatic carbocycles. The molecule has 0 atom stereocenters. The fraction of sp³-hybridized carbons (Fsp3) is 0.125. The molecule has 0 aliphatic rings. The van der Waals surface area contributed by atoms with E-state index in [2.05, 4.69) is 4.74 Å². The lowest BCUT2D eigenvalue weighted by Gasteiger charge is -1.98. The van der Waals surface area contributed by atoms with E-state index in [0.717, 1.165) is 0 Å². The normalized spacial score (nSPS) is 9.08. The zero-order valence-corrected chi connectivity index (χ0v) is 6.57. The van der Waals surface area contributed by atoms with Gasteiger partial charge in [-0.15, -0.1) is 0 Å². The first-order valence-electron chi connectivity index (χ1n) is 3.37. The fourth-order valence-corrected chi connectivity index (χ4v) is 0.869. The van der Waals surface area contributed by atoms with Crippen molar-refractivity contribution in [1.29, 1.82) is 0 Å². The lowest BCUT2D eigenvalue weighted by molar-refractivity contribution is -0.380. The lowest BCUT2D eigenvalue weighted by Crippen LogP contribution is -2.55. The smallest absolute Gasteiger partial charge is 0.344 e. The Morgan fingerprint density at radius 1 is 1.50 bits per heavy atom. The molecular weight excluding hydrogens is 156 g/mol. The number of carbonyl (C=O) groups excluding carboxylic acids is 1. The van der Waals surface area contributed by atoms with E-state index in [4.69, 9.17) is 5.53 Å². The van der Waals surface area contributed by atoms with Crippen LogP contribution in [0.2, 0.25) is 0 Å². The predicted molar refractivity (Wildman–Crippen MR) is 41.8 cm³/mol. The highest BCUT2D eigenvalue weighted by Crippen LogP contribution is 2.09. The molecule has 62 valence electrons. The summed E-state index contributed by atoms with van der Waals surface area (Å²) in [4.78, 5) is 11.0. The Kier molecular flexibility index (Phi) is 2.53. The van der Waals surface area contributed by atoms with Gasteiger partial charge >= 0.3 is 5.97 Å². The molecule has 4 heteroatoms. The van der Waals surface area contributed by atoms with Gasteiger partial charge in [0.05, 0.1) is 7.11 Å². The van der Waals surface area contributed by atoms with Crippen LogP contribution in [0.1, 0.15) is 10.4 Å². The third-order valence-electron chi connectivity index (χ3n) is 1.45. The number of nitrogens with one attached hydrogen (secondary N) is 1. The van der Waals surface area contributed by atoms with Gasteiger partial charge in [-0.1, -0.05) is 12.1 Å². The average molecular weight is 164 g/mol. The van der Waals surface area contributed by atoms with E-state index >= 15 is 0 Å². The number of methoxy groups -OCH3 is 1. The van der Waals surface area contributed by atoms with Crippen molar-refractivity contribution in [3.8, 4) is 0 Å². The van der Waals surface area contributed by atoms with Gasteiger partial charge < -0.3 is 10.3 Å². The Bertz CT molecular complexity index is 310. The topological polar surface area (TPSA) is 62.6 Å². The van der Waals surface area contributed by atoms with Crippen molar-refractivity contribution in [2.75, 3.05) is 7.11 Å². The molecule has 1 aromatic rings. The lowest BCUT2D eigenvalue weighted by atomic mass is 10.2. The van der Waals surface area contributed by atoms with E-state index in [1.54, 1.807) is 24.3 Å². The summed E-state index contributed by atoms with van der Waals surface area (Å²) in [7, 11) is 1.29. The number of nitrogens with zero attached hydrogens (tertiary/aromatic N) is 1. The number of ether oxygens (including phenoxy) is 1. The maximum atomic E-state index is 11.0. The molecule has 0 aromatic heterocycles. The molecule has 4 nitrogen and oxygen atoms in total. The molecule has 0 aliphatic heterocycles. The van der Waals surface area contributed by atoms with E-state index in [-0.39, 0.29) is 0 Å². The van der Waals surface area contributed by atoms with Crippen molar-refractivity contribution >= 4 is 11.7 Å². The number of carbonyl (C=O) groups is 1. The number of para-hydroxylation sites is 1. The summed E-state index contributed by atoms with van der Waals surface area (Å²) in [5.74, 6) is -0.479. The SMILES string of the molecule is COC(=O)c1ccccc1[NH+]=[N-]. The predicted octanol–water partition coefficient (Wildman–Crippen LogP) is 0.207. The Morgan fingerprint density at radius 3 is 2.75 bits per heavy atom. The first kappa shape index (κ1) is 8.39. The zero-order chi connectivity index (χ0) is 8.97. The Balaban J connectivity index is 3.13. The van der Waals surface area contributed by atoms with E-state index in [0.29, 0.717) is 11.3 Å². The largest absolute Gasteiger partial charge is 0.502 e. The number of esters is 1. The van der Waals surface area contributed by atoms with Gasteiger partial charge in [-0.05, 0) is 6.07 Å². The van der Waals surface area contributed by atoms with Gasteiger partial charge in [0.1, 0.15) is 5.56 Å². The van der Waals surface area contributed by atoms with Gasteiger partial charge in [-0.3, -0.25) is 5.11 Å². The van der Waals surface area contributed by atoms with E-state index < -0.39 is 5.97 Å². The highest BCUT2D eigenvalue weighted by Gasteiger charge is 2.11. The minimum absolute atomic E-state index is 0.308. The standard InChI is InChI=1S/C8H8N2O2/c1-12-8(11)6-4-2-3-5-7(6)10-9/h2-5,10H,1H3. The number of hydrogen-bond acceptors (Lipinski definition) is 2.